The Bertz CT molecular complexity index is 580. The summed E-state index contributed by atoms with van der Waals surface area (Å²) in [5, 5.41) is 11.3. The Morgan fingerprint density at radius 3 is 2.04 bits per heavy atom. The number of hydrogen-bond donors (Lipinski definition) is 2. The van der Waals surface area contributed by atoms with E-state index in [1.54, 1.807) is 24.3 Å². The lowest BCUT2D eigenvalue weighted by Crippen LogP contribution is -2.33. The van der Waals surface area contributed by atoms with Crippen molar-refractivity contribution in [2.24, 2.45) is 0 Å². The summed E-state index contributed by atoms with van der Waals surface area (Å²) in [6.07, 6.45) is 1.70. The number of nitrogens with one attached hydrogen (secondary N) is 1. The molecule has 138 valence electrons. The number of urea groups is 1. The zero-order valence-corrected chi connectivity index (χ0v) is 15.1. The van der Waals surface area contributed by atoms with Crippen molar-refractivity contribution < 1.29 is 19.5 Å². The van der Waals surface area contributed by atoms with Crippen molar-refractivity contribution in [3.63, 3.8) is 0 Å². The lowest BCUT2D eigenvalue weighted by Gasteiger charge is -2.21. The van der Waals surface area contributed by atoms with Gasteiger partial charge in [-0.05, 0) is 37.1 Å². The molecule has 0 bridgehead atoms. The van der Waals surface area contributed by atoms with E-state index in [1.807, 2.05) is 18.7 Å². The second-order valence-corrected chi connectivity index (χ2v) is 5.86. The van der Waals surface area contributed by atoms with Crippen LogP contribution in [0.1, 0.15) is 43.5 Å². The minimum Gasteiger partial charge on any atom is -0.481 e. The number of hydrogen-bond acceptors (Lipinski definition) is 3. The molecule has 0 heterocycles. The third kappa shape index (κ3) is 6.82. The largest absolute Gasteiger partial charge is 0.481 e. The molecule has 0 spiro atoms. The van der Waals surface area contributed by atoms with Crippen LogP contribution in [0.4, 0.5) is 10.5 Å². The van der Waals surface area contributed by atoms with Crippen molar-refractivity contribution >= 4 is 23.6 Å². The number of carbonyl (C=O) groups is 3. The van der Waals surface area contributed by atoms with Crippen LogP contribution in [0.5, 0.6) is 0 Å². The van der Waals surface area contributed by atoms with Crippen molar-refractivity contribution in [2.75, 3.05) is 32.0 Å². The van der Waals surface area contributed by atoms with Crippen LogP contribution in [0, 0.1) is 0 Å². The number of amides is 3. The Balaban J connectivity index is 2.67. The molecule has 1 aromatic carbocycles. The first-order chi connectivity index (χ1) is 11.9. The molecule has 0 fully saturated rings. The fourth-order valence-corrected chi connectivity index (χ4v) is 2.32. The van der Waals surface area contributed by atoms with Crippen molar-refractivity contribution in [3.8, 4) is 0 Å². The van der Waals surface area contributed by atoms with Gasteiger partial charge in [0.2, 0.25) is 0 Å². The maximum atomic E-state index is 12.5. The number of anilines is 1. The van der Waals surface area contributed by atoms with Gasteiger partial charge in [-0.2, -0.15) is 0 Å². The molecule has 0 unspecified atom stereocenters. The summed E-state index contributed by atoms with van der Waals surface area (Å²) in [5.41, 5.74) is 1.14. The Hall–Kier alpha value is -2.57. The van der Waals surface area contributed by atoms with Gasteiger partial charge in [-0.1, -0.05) is 13.8 Å². The van der Waals surface area contributed by atoms with Gasteiger partial charge in [-0.25, -0.2) is 4.79 Å². The summed E-state index contributed by atoms with van der Waals surface area (Å²) in [7, 11) is 1.53. The van der Waals surface area contributed by atoms with Crippen LogP contribution in [0.3, 0.4) is 0 Å². The molecule has 0 atom stereocenters. The molecule has 0 aliphatic rings. The van der Waals surface area contributed by atoms with Crippen LogP contribution in [0.25, 0.3) is 0 Å². The van der Waals surface area contributed by atoms with Gasteiger partial charge in [-0.15, -0.1) is 0 Å². The van der Waals surface area contributed by atoms with Gasteiger partial charge in [0.1, 0.15) is 0 Å². The lowest BCUT2D eigenvalue weighted by atomic mass is 10.1. The number of nitrogens with zero attached hydrogens (tertiary/aromatic N) is 2. The highest BCUT2D eigenvalue weighted by atomic mass is 16.4. The predicted octanol–water partition coefficient (Wildman–Crippen LogP) is 2.89. The first-order valence-electron chi connectivity index (χ1n) is 8.52. The van der Waals surface area contributed by atoms with Gasteiger partial charge in [-0.3, -0.25) is 9.59 Å². The van der Waals surface area contributed by atoms with Gasteiger partial charge in [0.05, 0.1) is 6.42 Å². The number of aliphatic carboxylic acids is 1. The molecule has 0 radical (unpaired) electrons. The maximum absolute atomic E-state index is 12.5. The van der Waals surface area contributed by atoms with Crippen LogP contribution >= 0.6 is 0 Å². The van der Waals surface area contributed by atoms with E-state index >= 15 is 0 Å². The summed E-state index contributed by atoms with van der Waals surface area (Å²) in [5.74, 6) is -0.966. The van der Waals surface area contributed by atoms with Gasteiger partial charge in [0.15, 0.2) is 0 Å². The molecule has 0 saturated carbocycles. The average molecular weight is 349 g/mol. The van der Waals surface area contributed by atoms with Crippen molar-refractivity contribution in [3.05, 3.63) is 29.8 Å². The van der Waals surface area contributed by atoms with Crippen molar-refractivity contribution in [1.82, 2.24) is 9.80 Å². The smallest absolute Gasteiger partial charge is 0.321 e. The van der Waals surface area contributed by atoms with Gasteiger partial charge < -0.3 is 20.2 Å². The van der Waals surface area contributed by atoms with Crippen LogP contribution in [-0.4, -0.2) is 59.5 Å². The van der Waals surface area contributed by atoms with E-state index in [0.717, 1.165) is 25.9 Å². The predicted molar refractivity (Wildman–Crippen MR) is 96.8 cm³/mol. The second-order valence-electron chi connectivity index (χ2n) is 5.86. The van der Waals surface area contributed by atoms with E-state index in [9.17, 15) is 14.4 Å². The van der Waals surface area contributed by atoms with E-state index in [2.05, 4.69) is 5.32 Å². The molecule has 7 heteroatoms. The van der Waals surface area contributed by atoms with E-state index in [-0.39, 0.29) is 24.9 Å². The number of rotatable bonds is 9. The Morgan fingerprint density at radius 1 is 1.00 bits per heavy atom. The highest BCUT2D eigenvalue weighted by molar-refractivity contribution is 5.95. The van der Waals surface area contributed by atoms with Crippen molar-refractivity contribution in [2.45, 2.75) is 33.1 Å². The molecule has 25 heavy (non-hydrogen) atoms. The van der Waals surface area contributed by atoms with Gasteiger partial charge in [0, 0.05) is 37.9 Å². The van der Waals surface area contributed by atoms with Gasteiger partial charge >= 0.3 is 12.0 Å². The zero-order chi connectivity index (χ0) is 18.8. The third-order valence-corrected chi connectivity index (χ3v) is 3.67. The molecule has 0 saturated heterocycles. The summed E-state index contributed by atoms with van der Waals surface area (Å²) < 4.78 is 0. The van der Waals surface area contributed by atoms with E-state index in [1.165, 1.54) is 11.9 Å². The molecular formula is C18H27N3O4. The van der Waals surface area contributed by atoms with E-state index in [4.69, 9.17) is 5.11 Å². The molecule has 1 aromatic rings. The van der Waals surface area contributed by atoms with Crippen LogP contribution < -0.4 is 5.32 Å². The number of carboxylic acids is 1. The minimum absolute atomic E-state index is 0.0137. The Morgan fingerprint density at radius 2 is 1.56 bits per heavy atom. The lowest BCUT2D eigenvalue weighted by molar-refractivity contribution is -0.137. The molecule has 3 amide bonds. The summed E-state index contributed by atoms with van der Waals surface area (Å²) >= 11 is 0. The summed E-state index contributed by atoms with van der Waals surface area (Å²) in [6, 6.07) is 6.33. The third-order valence-electron chi connectivity index (χ3n) is 3.67. The molecule has 2 N–H and O–H groups in total. The standard InChI is InChI=1S/C18H27N3O4/c1-4-11-21(12-5-2)17(24)14-6-8-15(9-7-14)19-18(25)20(3)13-10-16(22)23/h6-9H,4-5,10-13H2,1-3H3,(H,19,25)(H,22,23). The number of benzene rings is 1. The highest BCUT2D eigenvalue weighted by Gasteiger charge is 2.15. The minimum atomic E-state index is -0.953. The molecule has 7 nitrogen and oxygen atoms in total. The van der Waals surface area contributed by atoms with E-state index in [0.29, 0.717) is 11.3 Å². The second kappa shape index (κ2) is 10.3. The number of carboxylic acid groups (broad SMARTS) is 1. The topological polar surface area (TPSA) is 90.0 Å². The summed E-state index contributed by atoms with van der Waals surface area (Å²) in [4.78, 5) is 38.1. The first kappa shape index (κ1) is 20.5. The Labute approximate surface area is 148 Å². The van der Waals surface area contributed by atoms with Gasteiger partial charge in [0.25, 0.3) is 5.91 Å². The van der Waals surface area contributed by atoms with Crippen LogP contribution in [-0.2, 0) is 4.79 Å². The molecule has 0 aliphatic carbocycles. The Kier molecular flexibility index (Phi) is 8.46. The molecule has 1 rings (SSSR count). The average Bonchev–Trinajstić information content (AvgIpc) is 2.59. The fourth-order valence-electron chi connectivity index (χ4n) is 2.32. The van der Waals surface area contributed by atoms with Crippen LogP contribution in [0.15, 0.2) is 24.3 Å². The van der Waals surface area contributed by atoms with E-state index < -0.39 is 5.97 Å². The zero-order valence-electron chi connectivity index (χ0n) is 15.1. The highest BCUT2D eigenvalue weighted by Crippen LogP contribution is 2.13. The van der Waals surface area contributed by atoms with Crippen LogP contribution in [0.2, 0.25) is 0 Å². The SMILES string of the molecule is CCCN(CCC)C(=O)c1ccc(NC(=O)N(C)CCC(=O)O)cc1. The van der Waals surface area contributed by atoms with Crippen molar-refractivity contribution in [1.29, 1.82) is 0 Å². The molecule has 0 aromatic heterocycles. The number of carbonyl (C=O) groups excluding carboxylic acids is 2. The normalized spacial score (nSPS) is 10.2. The quantitative estimate of drug-likeness (QED) is 0.717. The first-order valence-corrected chi connectivity index (χ1v) is 8.52. The summed E-state index contributed by atoms with van der Waals surface area (Å²) in [6.45, 7) is 5.64. The maximum Gasteiger partial charge on any atom is 0.321 e. The fraction of sp³-hybridized carbons (Fsp3) is 0.500. The molecule has 0 aliphatic heterocycles. The monoisotopic (exact) mass is 349 g/mol. The molecular weight excluding hydrogens is 322 g/mol.